The summed E-state index contributed by atoms with van der Waals surface area (Å²) >= 11 is 1.14. The van der Waals surface area contributed by atoms with Gasteiger partial charge in [-0.1, -0.05) is 6.92 Å². The van der Waals surface area contributed by atoms with Gasteiger partial charge in [-0.3, -0.25) is 9.59 Å². The van der Waals surface area contributed by atoms with Gasteiger partial charge in [0.1, 0.15) is 12.1 Å². The second kappa shape index (κ2) is 5.84. The first kappa shape index (κ1) is 13.2. The second-order valence-electron chi connectivity index (χ2n) is 2.85. The summed E-state index contributed by atoms with van der Waals surface area (Å²) in [7, 11) is 0. The SMILES string of the molecule is CC(SC[C@@H](N)C(=O)O)[C@@H](N)C(=O)O. The van der Waals surface area contributed by atoms with Crippen molar-refractivity contribution in [3.8, 4) is 0 Å². The maximum atomic E-state index is 10.4. The highest BCUT2D eigenvalue weighted by molar-refractivity contribution is 8.00. The van der Waals surface area contributed by atoms with Crippen molar-refractivity contribution in [2.24, 2.45) is 11.5 Å². The summed E-state index contributed by atoms with van der Waals surface area (Å²) in [5.74, 6) is -2.06. The summed E-state index contributed by atoms with van der Waals surface area (Å²) < 4.78 is 0. The molecule has 0 heterocycles. The molecule has 6 nitrogen and oxygen atoms in total. The third-order valence-corrected chi connectivity index (χ3v) is 3.02. The van der Waals surface area contributed by atoms with Crippen molar-refractivity contribution in [1.29, 1.82) is 0 Å². The molecular weight excluding hydrogens is 208 g/mol. The van der Waals surface area contributed by atoms with Crippen LogP contribution in [0.15, 0.2) is 0 Å². The first-order valence-corrected chi connectivity index (χ1v) is 4.99. The molecule has 0 amide bonds. The van der Waals surface area contributed by atoms with Crippen LogP contribution in [0.5, 0.6) is 0 Å². The van der Waals surface area contributed by atoms with Crippen molar-refractivity contribution in [2.75, 3.05) is 5.75 Å². The number of rotatable bonds is 6. The lowest BCUT2D eigenvalue weighted by atomic mass is 10.2. The summed E-state index contributed by atoms with van der Waals surface area (Å²) in [5, 5.41) is 16.6. The molecule has 0 fully saturated rings. The van der Waals surface area contributed by atoms with Gasteiger partial charge in [-0.25, -0.2) is 0 Å². The predicted octanol–water partition coefficient (Wildman–Crippen LogP) is -1.07. The molecule has 3 atom stereocenters. The topological polar surface area (TPSA) is 127 Å². The molecule has 0 aliphatic carbocycles. The highest BCUT2D eigenvalue weighted by Crippen LogP contribution is 2.14. The molecule has 0 saturated heterocycles. The van der Waals surface area contributed by atoms with Gasteiger partial charge in [0, 0.05) is 11.0 Å². The fourth-order valence-electron chi connectivity index (χ4n) is 0.631. The second-order valence-corrected chi connectivity index (χ2v) is 4.26. The van der Waals surface area contributed by atoms with Crippen LogP contribution in [0.4, 0.5) is 0 Å². The van der Waals surface area contributed by atoms with Gasteiger partial charge in [0.25, 0.3) is 0 Å². The van der Waals surface area contributed by atoms with Crippen molar-refractivity contribution in [3.05, 3.63) is 0 Å². The van der Waals surface area contributed by atoms with Gasteiger partial charge in [0.15, 0.2) is 0 Å². The van der Waals surface area contributed by atoms with E-state index in [9.17, 15) is 9.59 Å². The Morgan fingerprint density at radius 3 is 2.14 bits per heavy atom. The fourth-order valence-corrected chi connectivity index (χ4v) is 1.61. The Morgan fingerprint density at radius 2 is 1.79 bits per heavy atom. The molecule has 0 spiro atoms. The number of carboxylic acids is 2. The zero-order valence-corrected chi connectivity index (χ0v) is 8.53. The Bertz CT molecular complexity index is 224. The van der Waals surface area contributed by atoms with Crippen LogP contribution in [0.1, 0.15) is 6.92 Å². The summed E-state index contributed by atoms with van der Waals surface area (Å²) in [6, 6.07) is -1.98. The van der Waals surface area contributed by atoms with Crippen LogP contribution in [-0.4, -0.2) is 45.2 Å². The van der Waals surface area contributed by atoms with Gasteiger partial charge in [-0.05, 0) is 0 Å². The maximum absolute atomic E-state index is 10.4. The van der Waals surface area contributed by atoms with Crippen LogP contribution < -0.4 is 11.5 Å². The van der Waals surface area contributed by atoms with Gasteiger partial charge < -0.3 is 21.7 Å². The average molecular weight is 222 g/mol. The molecule has 0 aromatic heterocycles. The van der Waals surface area contributed by atoms with E-state index in [1.54, 1.807) is 6.92 Å². The van der Waals surface area contributed by atoms with Gasteiger partial charge >= 0.3 is 11.9 Å². The maximum Gasteiger partial charge on any atom is 0.321 e. The fraction of sp³-hybridized carbons (Fsp3) is 0.714. The minimum Gasteiger partial charge on any atom is -0.480 e. The number of thioether (sulfide) groups is 1. The Labute approximate surface area is 85.6 Å². The van der Waals surface area contributed by atoms with Crippen molar-refractivity contribution >= 4 is 23.7 Å². The Kier molecular flexibility index (Phi) is 5.51. The van der Waals surface area contributed by atoms with Crippen LogP contribution in [0.25, 0.3) is 0 Å². The third kappa shape index (κ3) is 4.45. The highest BCUT2D eigenvalue weighted by atomic mass is 32.2. The minimum absolute atomic E-state index is 0.150. The van der Waals surface area contributed by atoms with Gasteiger partial charge in [-0.15, -0.1) is 0 Å². The molecule has 0 aliphatic heterocycles. The van der Waals surface area contributed by atoms with Crippen LogP contribution in [0.2, 0.25) is 0 Å². The standard InChI is InChI=1S/C7H14N2O4S/c1-3(5(9)7(12)13)14-2-4(8)6(10)11/h3-5H,2,8-9H2,1H3,(H,10,11)(H,12,13)/t3?,4-,5-/m1/s1. The minimum atomic E-state index is -1.10. The molecule has 0 aliphatic rings. The Morgan fingerprint density at radius 1 is 1.29 bits per heavy atom. The molecular formula is C7H14N2O4S. The zero-order chi connectivity index (χ0) is 11.3. The smallest absolute Gasteiger partial charge is 0.321 e. The highest BCUT2D eigenvalue weighted by Gasteiger charge is 2.22. The number of aliphatic carboxylic acids is 2. The van der Waals surface area contributed by atoms with E-state index in [1.165, 1.54) is 0 Å². The molecule has 1 unspecified atom stereocenters. The Balaban J connectivity index is 3.90. The quantitative estimate of drug-likeness (QED) is 0.450. The summed E-state index contributed by atoms with van der Waals surface area (Å²) in [6.45, 7) is 1.62. The number of hydrogen-bond donors (Lipinski definition) is 4. The van der Waals surface area contributed by atoms with E-state index in [0.29, 0.717) is 0 Å². The first-order chi connectivity index (χ1) is 6.36. The van der Waals surface area contributed by atoms with E-state index in [2.05, 4.69) is 0 Å². The van der Waals surface area contributed by atoms with E-state index in [4.69, 9.17) is 21.7 Å². The number of hydrogen-bond acceptors (Lipinski definition) is 5. The van der Waals surface area contributed by atoms with Crippen molar-refractivity contribution < 1.29 is 19.8 Å². The lowest BCUT2D eigenvalue weighted by Crippen LogP contribution is -2.40. The molecule has 0 rings (SSSR count). The van der Waals surface area contributed by atoms with Crippen LogP contribution in [-0.2, 0) is 9.59 Å². The molecule has 0 aromatic rings. The Hall–Kier alpha value is -0.790. The van der Waals surface area contributed by atoms with Gasteiger partial charge in [-0.2, -0.15) is 11.8 Å². The summed E-state index contributed by atoms with van der Waals surface area (Å²) in [6.07, 6.45) is 0. The van der Waals surface area contributed by atoms with E-state index < -0.39 is 24.0 Å². The van der Waals surface area contributed by atoms with Crippen molar-refractivity contribution in [1.82, 2.24) is 0 Å². The van der Waals surface area contributed by atoms with E-state index >= 15 is 0 Å². The molecule has 0 saturated carbocycles. The van der Waals surface area contributed by atoms with Gasteiger partial charge in [0.2, 0.25) is 0 Å². The van der Waals surface area contributed by atoms with E-state index in [0.717, 1.165) is 11.8 Å². The number of nitrogens with two attached hydrogens (primary N) is 2. The van der Waals surface area contributed by atoms with Crippen LogP contribution in [0, 0.1) is 0 Å². The van der Waals surface area contributed by atoms with Crippen molar-refractivity contribution in [2.45, 2.75) is 24.3 Å². The molecule has 6 N–H and O–H groups in total. The molecule has 82 valence electrons. The van der Waals surface area contributed by atoms with E-state index in [1.807, 2.05) is 0 Å². The summed E-state index contributed by atoms with van der Waals surface area (Å²) in [5.41, 5.74) is 10.5. The lowest BCUT2D eigenvalue weighted by Gasteiger charge is -2.16. The molecule has 7 heteroatoms. The molecule has 14 heavy (non-hydrogen) atoms. The average Bonchev–Trinajstić information content (AvgIpc) is 2.11. The molecule has 0 bridgehead atoms. The zero-order valence-electron chi connectivity index (χ0n) is 7.71. The normalized spacial score (nSPS) is 17.1. The lowest BCUT2D eigenvalue weighted by molar-refractivity contribution is -0.139. The number of carbonyl (C=O) groups is 2. The van der Waals surface area contributed by atoms with Crippen LogP contribution in [0.3, 0.4) is 0 Å². The molecule has 0 aromatic carbocycles. The predicted molar refractivity (Wildman–Crippen MR) is 53.1 cm³/mol. The first-order valence-electron chi connectivity index (χ1n) is 3.94. The summed E-state index contributed by atoms with van der Waals surface area (Å²) in [4.78, 5) is 20.8. The third-order valence-electron chi connectivity index (χ3n) is 1.65. The van der Waals surface area contributed by atoms with E-state index in [-0.39, 0.29) is 11.0 Å². The van der Waals surface area contributed by atoms with Crippen LogP contribution >= 0.6 is 11.8 Å². The largest absolute Gasteiger partial charge is 0.480 e. The number of carboxylic acid groups (broad SMARTS) is 2. The molecule has 0 radical (unpaired) electrons. The van der Waals surface area contributed by atoms with Gasteiger partial charge in [0.05, 0.1) is 0 Å². The van der Waals surface area contributed by atoms with Crippen molar-refractivity contribution in [3.63, 3.8) is 0 Å². The monoisotopic (exact) mass is 222 g/mol.